The molecule has 0 aliphatic rings. The van der Waals surface area contributed by atoms with Crippen LogP contribution >= 0.6 is 0 Å². The molecule has 0 aliphatic carbocycles. The summed E-state index contributed by atoms with van der Waals surface area (Å²) < 4.78 is 3.12. The van der Waals surface area contributed by atoms with Gasteiger partial charge in [-0.15, -0.1) is 0 Å². The van der Waals surface area contributed by atoms with Gasteiger partial charge in [0.1, 0.15) is 0 Å². The van der Waals surface area contributed by atoms with Crippen LogP contribution in [-0.2, 0) is 6.42 Å². The summed E-state index contributed by atoms with van der Waals surface area (Å²) in [6, 6.07) is 15.6. The number of hydrogen-bond acceptors (Lipinski definition) is 0. The van der Waals surface area contributed by atoms with Crippen molar-refractivity contribution in [1.29, 1.82) is 0 Å². The summed E-state index contributed by atoms with van der Waals surface area (Å²) in [5, 5.41) is 2.86. The third kappa shape index (κ3) is 7.60. The molecule has 0 heterocycles. The van der Waals surface area contributed by atoms with Crippen molar-refractivity contribution in [3.8, 4) is 0 Å². The Morgan fingerprint density at radius 2 is 1.33 bits per heavy atom. The third-order valence-electron chi connectivity index (χ3n) is 4.81. The molecule has 2 rings (SSSR count). The first-order chi connectivity index (χ1) is 11.9. The number of fused-ring (bicyclic) bond motifs is 1. The monoisotopic (exact) mass is 431 g/mol. The maximum atomic E-state index is 2.32. The fraction of sp³-hybridized carbons (Fsp3) is 0.565. The first-order valence-corrected chi connectivity index (χ1v) is 13.6. The first kappa shape index (κ1) is 19.8. The molecule has 1 radical (unpaired) electrons. The van der Waals surface area contributed by atoms with Crippen molar-refractivity contribution in [2.75, 3.05) is 0 Å². The predicted octanol–water partition coefficient (Wildman–Crippen LogP) is 7.45. The molecule has 0 unspecified atom stereocenters. The van der Waals surface area contributed by atoms with Crippen LogP contribution < -0.4 is 0 Å². The van der Waals surface area contributed by atoms with Gasteiger partial charge in [-0.2, -0.15) is 0 Å². The number of rotatable bonds is 13. The molecule has 0 aliphatic heterocycles. The van der Waals surface area contributed by atoms with Crippen LogP contribution in [0.1, 0.15) is 70.3 Å². The van der Waals surface area contributed by atoms with E-state index in [1.165, 1.54) is 79.3 Å². The summed E-state index contributed by atoms with van der Waals surface area (Å²) in [6.07, 6.45) is 14.4. The minimum absolute atomic E-state index is 0.0987. The molecule has 131 valence electrons. The van der Waals surface area contributed by atoms with Crippen LogP contribution in [0.4, 0.5) is 0 Å². The minimum atomic E-state index is 0.0987. The average Bonchev–Trinajstić information content (AvgIpc) is 2.63. The Bertz CT molecular complexity index is 555. The molecule has 0 saturated carbocycles. The van der Waals surface area contributed by atoms with Gasteiger partial charge < -0.3 is 0 Å². The number of hydrogen-bond donors (Lipinski definition) is 0. The second kappa shape index (κ2) is 12.8. The zero-order valence-electron chi connectivity index (χ0n) is 15.5. The molecule has 2 aromatic rings. The summed E-state index contributed by atoms with van der Waals surface area (Å²) in [4.78, 5) is 0. The van der Waals surface area contributed by atoms with Gasteiger partial charge in [-0.05, 0) is 0 Å². The average molecular weight is 432 g/mol. The summed E-state index contributed by atoms with van der Waals surface area (Å²) in [7, 11) is 0. The van der Waals surface area contributed by atoms with Crippen LogP contribution in [0.5, 0.6) is 0 Å². The van der Waals surface area contributed by atoms with E-state index in [2.05, 4.69) is 49.4 Å². The maximum absolute atomic E-state index is 2.32. The van der Waals surface area contributed by atoms with Crippen molar-refractivity contribution in [2.24, 2.45) is 0 Å². The Kier molecular flexibility index (Phi) is 10.6. The Morgan fingerprint density at radius 1 is 0.667 bits per heavy atom. The zero-order valence-corrected chi connectivity index (χ0v) is 18.0. The van der Waals surface area contributed by atoms with Crippen molar-refractivity contribution in [1.82, 2.24) is 0 Å². The van der Waals surface area contributed by atoms with Gasteiger partial charge in [0.15, 0.2) is 0 Å². The summed E-state index contributed by atoms with van der Waals surface area (Å²) >= 11 is 0.0987. The van der Waals surface area contributed by atoms with E-state index in [1.807, 2.05) is 0 Å². The van der Waals surface area contributed by atoms with Gasteiger partial charge in [-0.25, -0.2) is 0 Å². The van der Waals surface area contributed by atoms with E-state index in [1.54, 1.807) is 9.93 Å². The molecule has 0 nitrogen and oxygen atoms in total. The molecule has 2 aromatic carbocycles. The Morgan fingerprint density at radius 3 is 2.17 bits per heavy atom. The fourth-order valence-electron chi connectivity index (χ4n) is 3.36. The molecule has 0 fully saturated rings. The molecule has 0 N–H and O–H groups in total. The van der Waals surface area contributed by atoms with Gasteiger partial charge in [-0.3, -0.25) is 0 Å². The first-order valence-electron chi connectivity index (χ1n) is 10.0. The van der Waals surface area contributed by atoms with Crippen LogP contribution in [-0.4, -0.2) is 21.6 Å². The molecular weight excluding hydrogens is 398 g/mol. The molecule has 0 amide bonds. The van der Waals surface area contributed by atoms with Crippen molar-refractivity contribution >= 4 is 32.4 Å². The van der Waals surface area contributed by atoms with E-state index in [0.717, 1.165) is 0 Å². The van der Waals surface area contributed by atoms with Crippen molar-refractivity contribution < 1.29 is 0 Å². The molecule has 24 heavy (non-hydrogen) atoms. The molecule has 1 heteroatoms. The van der Waals surface area contributed by atoms with E-state index in [9.17, 15) is 0 Å². The van der Waals surface area contributed by atoms with E-state index < -0.39 is 0 Å². The van der Waals surface area contributed by atoms with Crippen molar-refractivity contribution in [3.05, 3.63) is 48.0 Å². The standard InChI is InChI=1S/C13H13.C10H21.Sb/c1-2-6-11-8-5-9-12-7-3-4-10-13(11)12;1-3-5-7-9-10-8-6-4-2;/h3-5,7-10H,1-2,6H2;1,3-10H2,2H3;. The van der Waals surface area contributed by atoms with Gasteiger partial charge in [0.2, 0.25) is 0 Å². The van der Waals surface area contributed by atoms with Crippen LogP contribution in [0.2, 0.25) is 8.73 Å². The SMILES string of the molecule is CCCCCCCCC[CH2][Sb][CH2]CCc1cccc2ccccc12. The van der Waals surface area contributed by atoms with Crippen LogP contribution in [0.25, 0.3) is 10.8 Å². The van der Waals surface area contributed by atoms with Crippen molar-refractivity contribution in [3.63, 3.8) is 0 Å². The van der Waals surface area contributed by atoms with Crippen LogP contribution in [0.3, 0.4) is 0 Å². The molecular formula is C23H34Sb. The fourth-order valence-corrected chi connectivity index (χ4v) is 6.37. The van der Waals surface area contributed by atoms with Crippen molar-refractivity contribution in [2.45, 2.75) is 79.9 Å². The summed E-state index contributed by atoms with van der Waals surface area (Å²) in [5.74, 6) is 0. The summed E-state index contributed by atoms with van der Waals surface area (Å²) in [5.41, 5.74) is 1.55. The normalized spacial score (nSPS) is 11.2. The molecule has 0 bridgehead atoms. The quantitative estimate of drug-likeness (QED) is 0.228. The van der Waals surface area contributed by atoms with E-state index >= 15 is 0 Å². The van der Waals surface area contributed by atoms with Gasteiger partial charge in [0.05, 0.1) is 0 Å². The Balaban J connectivity index is 1.49. The topological polar surface area (TPSA) is 0 Å². The molecule has 0 spiro atoms. The number of unbranched alkanes of at least 4 members (excludes halogenated alkanes) is 7. The Labute approximate surface area is 160 Å². The van der Waals surface area contributed by atoms with Crippen LogP contribution in [0.15, 0.2) is 42.5 Å². The second-order valence-corrected chi connectivity index (χ2v) is 10.7. The van der Waals surface area contributed by atoms with Gasteiger partial charge in [-0.1, -0.05) is 0 Å². The van der Waals surface area contributed by atoms with Gasteiger partial charge in [0.25, 0.3) is 0 Å². The van der Waals surface area contributed by atoms with E-state index in [-0.39, 0.29) is 21.6 Å². The second-order valence-electron chi connectivity index (χ2n) is 6.89. The molecule has 0 saturated heterocycles. The Hall–Kier alpha value is -0.482. The zero-order chi connectivity index (χ0) is 16.9. The van der Waals surface area contributed by atoms with E-state index in [0.29, 0.717) is 0 Å². The summed E-state index contributed by atoms with van der Waals surface area (Å²) in [6.45, 7) is 2.30. The predicted molar refractivity (Wildman–Crippen MR) is 110 cm³/mol. The molecule has 0 atom stereocenters. The van der Waals surface area contributed by atoms with Crippen LogP contribution in [0, 0.1) is 0 Å². The number of aryl methyl sites for hydroxylation is 1. The molecule has 0 aromatic heterocycles. The van der Waals surface area contributed by atoms with Gasteiger partial charge in [0, 0.05) is 0 Å². The van der Waals surface area contributed by atoms with E-state index in [4.69, 9.17) is 0 Å². The third-order valence-corrected chi connectivity index (χ3v) is 8.42. The number of benzene rings is 2. The van der Waals surface area contributed by atoms with Gasteiger partial charge >= 0.3 is 160 Å².